The third kappa shape index (κ3) is 4.20. The van der Waals surface area contributed by atoms with Crippen molar-refractivity contribution in [3.05, 3.63) is 34.9 Å². The first kappa shape index (κ1) is 14.8. The molecule has 0 bridgehead atoms. The lowest BCUT2D eigenvalue weighted by Gasteiger charge is -2.13. The zero-order chi connectivity index (χ0) is 13.5. The molecular weight excluding hydrogens is 218 g/mol. The molecule has 0 atom stereocenters. The fourth-order valence-electron chi connectivity index (χ4n) is 1.88. The van der Waals surface area contributed by atoms with Crippen LogP contribution in [0.4, 0.5) is 0 Å². The predicted octanol–water partition coefficient (Wildman–Crippen LogP) is 4.02. The van der Waals surface area contributed by atoms with Crippen LogP contribution in [-0.4, -0.2) is 6.54 Å². The van der Waals surface area contributed by atoms with Crippen LogP contribution in [0.15, 0.2) is 18.2 Å². The second-order valence-electron chi connectivity index (χ2n) is 5.35. The third-order valence-electron chi connectivity index (χ3n) is 3.09. The third-order valence-corrected chi connectivity index (χ3v) is 3.09. The van der Waals surface area contributed by atoms with Gasteiger partial charge in [0, 0.05) is 12.0 Å². The summed E-state index contributed by atoms with van der Waals surface area (Å²) in [5.41, 5.74) is 9.40. The largest absolute Gasteiger partial charge is 0.330 e. The highest BCUT2D eigenvalue weighted by molar-refractivity contribution is 5.45. The number of hydrogen-bond acceptors (Lipinski definition) is 1. The maximum atomic E-state index is 5.47. The number of rotatable bonds is 4. The molecule has 0 heterocycles. The monoisotopic (exact) mass is 243 g/mol. The normalized spacial score (nSPS) is 10.6. The molecule has 0 amide bonds. The summed E-state index contributed by atoms with van der Waals surface area (Å²) in [4.78, 5) is 0. The van der Waals surface area contributed by atoms with Crippen molar-refractivity contribution in [2.75, 3.05) is 6.54 Å². The molecule has 1 heteroatoms. The number of hydrogen-bond donors (Lipinski definition) is 1. The lowest BCUT2D eigenvalue weighted by molar-refractivity contribution is 0.831. The van der Waals surface area contributed by atoms with Crippen molar-refractivity contribution in [2.45, 2.75) is 52.4 Å². The zero-order valence-electron chi connectivity index (χ0n) is 12.1. The van der Waals surface area contributed by atoms with Gasteiger partial charge in [-0.3, -0.25) is 0 Å². The van der Waals surface area contributed by atoms with Gasteiger partial charge in [-0.1, -0.05) is 51.7 Å². The van der Waals surface area contributed by atoms with Crippen molar-refractivity contribution in [1.82, 2.24) is 0 Å². The van der Waals surface area contributed by atoms with Crippen molar-refractivity contribution in [1.29, 1.82) is 0 Å². The van der Waals surface area contributed by atoms with Crippen molar-refractivity contribution in [3.8, 4) is 11.8 Å². The first-order valence-electron chi connectivity index (χ1n) is 6.89. The Labute approximate surface area is 112 Å². The fraction of sp³-hybridized carbons (Fsp3) is 0.529. The van der Waals surface area contributed by atoms with Gasteiger partial charge in [0.05, 0.1) is 0 Å². The molecule has 1 rings (SSSR count). The molecule has 0 saturated carbocycles. The summed E-state index contributed by atoms with van der Waals surface area (Å²) < 4.78 is 0. The van der Waals surface area contributed by atoms with Crippen LogP contribution in [0.25, 0.3) is 0 Å². The highest BCUT2D eigenvalue weighted by Crippen LogP contribution is 2.24. The number of unbranched alkanes of at least 4 members (excludes halogenated alkanes) is 1. The van der Waals surface area contributed by atoms with Gasteiger partial charge in [-0.2, -0.15) is 0 Å². The van der Waals surface area contributed by atoms with E-state index >= 15 is 0 Å². The molecule has 0 aliphatic carbocycles. The molecule has 0 spiro atoms. The minimum atomic E-state index is 0.516. The minimum absolute atomic E-state index is 0.516. The number of nitrogens with two attached hydrogens (primary N) is 1. The average Bonchev–Trinajstić information content (AvgIpc) is 2.34. The Morgan fingerprint density at radius 3 is 2.39 bits per heavy atom. The molecule has 2 N–H and O–H groups in total. The standard InChI is InChI=1S/C17H25N/c1-13(2)16-10-9-15(8-6-5-7-11-18)17(12-16)14(3)4/h9-10,12-14H,5,7,11,18H2,1-4H3. The molecule has 0 aliphatic heterocycles. The summed E-state index contributed by atoms with van der Waals surface area (Å²) in [6, 6.07) is 6.67. The van der Waals surface area contributed by atoms with Gasteiger partial charge in [0.1, 0.15) is 0 Å². The van der Waals surface area contributed by atoms with E-state index < -0.39 is 0 Å². The maximum absolute atomic E-state index is 5.47. The summed E-state index contributed by atoms with van der Waals surface area (Å²) in [5.74, 6) is 7.59. The molecule has 0 unspecified atom stereocenters. The summed E-state index contributed by atoms with van der Waals surface area (Å²) in [5, 5.41) is 0. The van der Waals surface area contributed by atoms with E-state index in [1.807, 2.05) is 0 Å². The van der Waals surface area contributed by atoms with E-state index in [1.165, 1.54) is 16.7 Å². The first-order valence-corrected chi connectivity index (χ1v) is 6.89. The number of benzene rings is 1. The Balaban J connectivity index is 2.99. The average molecular weight is 243 g/mol. The molecule has 0 fully saturated rings. The highest BCUT2D eigenvalue weighted by Gasteiger charge is 2.08. The van der Waals surface area contributed by atoms with E-state index in [0.717, 1.165) is 19.4 Å². The SMILES string of the molecule is CC(C)c1ccc(C#CCCCN)c(C(C)C)c1. The summed E-state index contributed by atoms with van der Waals surface area (Å²) in [7, 11) is 0. The second kappa shape index (κ2) is 7.24. The predicted molar refractivity (Wildman–Crippen MR) is 79.8 cm³/mol. The Kier molecular flexibility index (Phi) is 5.95. The van der Waals surface area contributed by atoms with Gasteiger partial charge in [0.15, 0.2) is 0 Å². The van der Waals surface area contributed by atoms with Crippen molar-refractivity contribution in [3.63, 3.8) is 0 Å². The van der Waals surface area contributed by atoms with E-state index in [1.54, 1.807) is 0 Å². The van der Waals surface area contributed by atoms with Gasteiger partial charge in [-0.05, 0) is 42.0 Å². The van der Waals surface area contributed by atoms with Crippen LogP contribution in [0.5, 0.6) is 0 Å². The highest BCUT2D eigenvalue weighted by atomic mass is 14.5. The van der Waals surface area contributed by atoms with Crippen LogP contribution in [0.2, 0.25) is 0 Å². The van der Waals surface area contributed by atoms with E-state index in [0.29, 0.717) is 11.8 Å². The van der Waals surface area contributed by atoms with Gasteiger partial charge >= 0.3 is 0 Å². The van der Waals surface area contributed by atoms with Gasteiger partial charge in [0.25, 0.3) is 0 Å². The minimum Gasteiger partial charge on any atom is -0.330 e. The first-order chi connectivity index (χ1) is 8.56. The van der Waals surface area contributed by atoms with Crippen LogP contribution in [0, 0.1) is 11.8 Å². The van der Waals surface area contributed by atoms with E-state index in [-0.39, 0.29) is 0 Å². The smallest absolute Gasteiger partial charge is 0.0280 e. The van der Waals surface area contributed by atoms with Crippen LogP contribution < -0.4 is 5.73 Å². The quantitative estimate of drug-likeness (QED) is 0.627. The summed E-state index contributed by atoms with van der Waals surface area (Å²) in [6.45, 7) is 9.63. The van der Waals surface area contributed by atoms with Crippen LogP contribution in [0.1, 0.15) is 69.1 Å². The van der Waals surface area contributed by atoms with Gasteiger partial charge in [-0.25, -0.2) is 0 Å². The fourth-order valence-corrected chi connectivity index (χ4v) is 1.88. The van der Waals surface area contributed by atoms with Gasteiger partial charge < -0.3 is 5.73 Å². The zero-order valence-corrected chi connectivity index (χ0v) is 12.1. The van der Waals surface area contributed by atoms with Crippen LogP contribution in [-0.2, 0) is 0 Å². The molecule has 1 nitrogen and oxygen atoms in total. The van der Waals surface area contributed by atoms with Crippen molar-refractivity contribution in [2.24, 2.45) is 5.73 Å². The molecule has 0 saturated heterocycles. The lowest BCUT2D eigenvalue weighted by atomic mass is 9.92. The van der Waals surface area contributed by atoms with Gasteiger partial charge in [0.2, 0.25) is 0 Å². The van der Waals surface area contributed by atoms with Crippen LogP contribution >= 0.6 is 0 Å². The summed E-state index contributed by atoms with van der Waals surface area (Å²) in [6.07, 6.45) is 1.87. The van der Waals surface area contributed by atoms with Crippen molar-refractivity contribution < 1.29 is 0 Å². The molecule has 18 heavy (non-hydrogen) atoms. The molecular formula is C17H25N. The lowest BCUT2D eigenvalue weighted by Crippen LogP contribution is -1.98. The maximum Gasteiger partial charge on any atom is 0.0280 e. The Morgan fingerprint density at radius 2 is 1.83 bits per heavy atom. The Morgan fingerprint density at radius 1 is 1.11 bits per heavy atom. The topological polar surface area (TPSA) is 26.0 Å². The molecule has 98 valence electrons. The Bertz CT molecular complexity index is 433. The Hall–Kier alpha value is -1.26. The summed E-state index contributed by atoms with van der Waals surface area (Å²) >= 11 is 0. The molecule has 0 radical (unpaired) electrons. The van der Waals surface area contributed by atoms with Crippen molar-refractivity contribution >= 4 is 0 Å². The van der Waals surface area contributed by atoms with E-state index in [2.05, 4.69) is 57.7 Å². The van der Waals surface area contributed by atoms with E-state index in [4.69, 9.17) is 5.73 Å². The van der Waals surface area contributed by atoms with Crippen LogP contribution in [0.3, 0.4) is 0 Å². The van der Waals surface area contributed by atoms with Gasteiger partial charge in [-0.15, -0.1) is 0 Å². The second-order valence-corrected chi connectivity index (χ2v) is 5.35. The molecule has 0 aliphatic rings. The molecule has 1 aromatic carbocycles. The molecule has 1 aromatic rings. The molecule has 0 aromatic heterocycles. The van der Waals surface area contributed by atoms with E-state index in [9.17, 15) is 0 Å².